The number of hydrogen-bond donors (Lipinski definition) is 0. The van der Waals surface area contributed by atoms with Gasteiger partial charge in [-0.05, 0) is 24.1 Å². The van der Waals surface area contributed by atoms with Crippen LogP contribution in [0.1, 0.15) is 19.8 Å². The summed E-state index contributed by atoms with van der Waals surface area (Å²) in [6, 6.07) is 6.10. The van der Waals surface area contributed by atoms with E-state index in [4.69, 9.17) is 14.2 Å². The van der Waals surface area contributed by atoms with Crippen LogP contribution >= 0.6 is 0 Å². The maximum atomic E-state index is 12.7. The monoisotopic (exact) mass is 479 g/mol. The molecular formula is C19H20F3NO8S. The zero-order valence-electron chi connectivity index (χ0n) is 17.3. The molecule has 0 aliphatic rings. The van der Waals surface area contributed by atoms with Crippen molar-refractivity contribution in [2.45, 2.75) is 25.3 Å². The Morgan fingerprint density at radius 2 is 1.66 bits per heavy atom. The second kappa shape index (κ2) is 9.94. The van der Waals surface area contributed by atoms with Crippen LogP contribution in [-0.4, -0.2) is 39.7 Å². The Labute approximate surface area is 181 Å². The molecule has 0 amide bonds. The minimum atomic E-state index is -5.96. The average molecular weight is 479 g/mol. The Kier molecular flexibility index (Phi) is 7.78. The smallest absolute Gasteiger partial charge is 0.496 e. The van der Waals surface area contributed by atoms with Gasteiger partial charge >= 0.3 is 21.3 Å². The molecule has 32 heavy (non-hydrogen) atoms. The summed E-state index contributed by atoms with van der Waals surface area (Å²) >= 11 is 0. The lowest BCUT2D eigenvalue weighted by molar-refractivity contribution is -0.385. The van der Waals surface area contributed by atoms with Crippen molar-refractivity contribution in [2.24, 2.45) is 0 Å². The Balaban J connectivity index is 2.56. The Morgan fingerprint density at radius 3 is 2.19 bits per heavy atom. The van der Waals surface area contributed by atoms with E-state index in [2.05, 4.69) is 4.18 Å². The number of rotatable bonds is 10. The zero-order valence-corrected chi connectivity index (χ0v) is 18.1. The van der Waals surface area contributed by atoms with Crippen molar-refractivity contribution >= 4 is 15.8 Å². The summed E-state index contributed by atoms with van der Waals surface area (Å²) in [5, 5.41) is 11.5. The SMILES string of the molecule is CCCCOc1ccc(-c2cc(OC)c(OS(=O)(=O)C(F)(F)F)cc2OC)cc1[N+](=O)[O-]. The largest absolute Gasteiger partial charge is 0.534 e. The summed E-state index contributed by atoms with van der Waals surface area (Å²) < 4.78 is 80.5. The predicted octanol–water partition coefficient (Wildman–Crippen LogP) is 4.69. The molecule has 176 valence electrons. The number of nitrogens with zero attached hydrogens (tertiary/aromatic N) is 1. The molecule has 2 aromatic carbocycles. The van der Waals surface area contributed by atoms with Crippen molar-refractivity contribution in [3.63, 3.8) is 0 Å². The summed E-state index contributed by atoms with van der Waals surface area (Å²) in [4.78, 5) is 10.9. The summed E-state index contributed by atoms with van der Waals surface area (Å²) in [7, 11) is -3.69. The third-order valence-corrected chi connectivity index (χ3v) is 5.16. The van der Waals surface area contributed by atoms with Gasteiger partial charge in [-0.15, -0.1) is 0 Å². The normalized spacial score (nSPS) is 11.7. The first-order chi connectivity index (χ1) is 14.9. The zero-order chi connectivity index (χ0) is 24.1. The molecule has 0 saturated heterocycles. The highest BCUT2D eigenvalue weighted by Gasteiger charge is 2.49. The second-order valence-electron chi connectivity index (χ2n) is 6.33. The molecule has 0 aliphatic heterocycles. The minimum absolute atomic E-state index is 0.0503. The first-order valence-corrected chi connectivity index (χ1v) is 10.5. The molecule has 0 aliphatic carbocycles. The van der Waals surface area contributed by atoms with Crippen LogP contribution in [0.2, 0.25) is 0 Å². The number of unbranched alkanes of at least 4 members (excludes halogenated alkanes) is 1. The third kappa shape index (κ3) is 5.52. The highest BCUT2D eigenvalue weighted by Crippen LogP contribution is 2.43. The first kappa shape index (κ1) is 25.0. The predicted molar refractivity (Wildman–Crippen MR) is 108 cm³/mol. The van der Waals surface area contributed by atoms with E-state index >= 15 is 0 Å². The van der Waals surface area contributed by atoms with Crippen LogP contribution in [-0.2, 0) is 10.1 Å². The van der Waals surface area contributed by atoms with Crippen molar-refractivity contribution in [1.82, 2.24) is 0 Å². The lowest BCUT2D eigenvalue weighted by Crippen LogP contribution is -2.28. The van der Waals surface area contributed by atoms with Gasteiger partial charge in [-0.2, -0.15) is 21.6 Å². The molecule has 0 unspecified atom stereocenters. The molecule has 0 heterocycles. The van der Waals surface area contributed by atoms with E-state index in [1.54, 1.807) is 0 Å². The molecule has 0 atom stereocenters. The van der Waals surface area contributed by atoms with Gasteiger partial charge < -0.3 is 18.4 Å². The Bertz CT molecular complexity index is 1090. The minimum Gasteiger partial charge on any atom is -0.496 e. The van der Waals surface area contributed by atoms with E-state index in [0.29, 0.717) is 6.42 Å². The van der Waals surface area contributed by atoms with E-state index < -0.39 is 26.3 Å². The maximum Gasteiger partial charge on any atom is 0.534 e. The molecule has 9 nitrogen and oxygen atoms in total. The molecule has 0 spiro atoms. The Morgan fingerprint density at radius 1 is 1.00 bits per heavy atom. The quantitative estimate of drug-likeness (QED) is 0.159. The fourth-order valence-corrected chi connectivity index (χ4v) is 3.06. The van der Waals surface area contributed by atoms with Gasteiger partial charge in [0.1, 0.15) is 5.75 Å². The lowest BCUT2D eigenvalue weighted by Gasteiger charge is -2.16. The van der Waals surface area contributed by atoms with Crippen LogP contribution in [0.5, 0.6) is 23.0 Å². The highest BCUT2D eigenvalue weighted by molar-refractivity contribution is 7.88. The van der Waals surface area contributed by atoms with E-state index in [1.807, 2.05) is 6.92 Å². The van der Waals surface area contributed by atoms with Gasteiger partial charge in [-0.3, -0.25) is 10.1 Å². The molecule has 0 N–H and O–H groups in total. The summed E-state index contributed by atoms with van der Waals surface area (Å²) in [6.07, 6.45) is 1.54. The topological polar surface area (TPSA) is 114 Å². The van der Waals surface area contributed by atoms with Crippen molar-refractivity contribution < 1.29 is 44.9 Å². The van der Waals surface area contributed by atoms with Crippen molar-refractivity contribution in [3.8, 4) is 34.1 Å². The molecular weight excluding hydrogens is 459 g/mol. The first-order valence-electron chi connectivity index (χ1n) is 9.13. The third-order valence-electron chi connectivity index (χ3n) is 4.19. The molecule has 2 aromatic rings. The Hall–Kier alpha value is -3.22. The van der Waals surface area contributed by atoms with Crippen molar-refractivity contribution in [2.75, 3.05) is 20.8 Å². The number of hydrogen-bond acceptors (Lipinski definition) is 8. The molecule has 0 aromatic heterocycles. The van der Waals surface area contributed by atoms with Crippen LogP contribution in [0.15, 0.2) is 30.3 Å². The molecule has 0 radical (unpaired) electrons. The van der Waals surface area contributed by atoms with Gasteiger partial charge in [0.05, 0.1) is 25.7 Å². The van der Waals surface area contributed by atoms with E-state index in [-0.39, 0.29) is 40.7 Å². The second-order valence-corrected chi connectivity index (χ2v) is 7.87. The number of halogens is 3. The number of nitro groups is 1. The molecule has 13 heteroatoms. The summed E-state index contributed by atoms with van der Waals surface area (Å²) in [5.74, 6) is -1.18. The molecule has 2 rings (SSSR count). The average Bonchev–Trinajstić information content (AvgIpc) is 2.72. The van der Waals surface area contributed by atoms with Gasteiger partial charge in [0.15, 0.2) is 17.2 Å². The molecule has 0 saturated carbocycles. The van der Waals surface area contributed by atoms with Gasteiger partial charge in [0.2, 0.25) is 0 Å². The number of ether oxygens (including phenoxy) is 3. The van der Waals surface area contributed by atoms with E-state index in [1.165, 1.54) is 25.3 Å². The van der Waals surface area contributed by atoms with Gasteiger partial charge in [0.25, 0.3) is 0 Å². The number of nitro benzene ring substituents is 1. The highest BCUT2D eigenvalue weighted by atomic mass is 32.2. The summed E-state index contributed by atoms with van der Waals surface area (Å²) in [6.45, 7) is 2.22. The fourth-order valence-electron chi connectivity index (χ4n) is 2.60. The molecule has 0 bridgehead atoms. The summed E-state index contributed by atoms with van der Waals surface area (Å²) in [5.41, 5.74) is -5.55. The fraction of sp³-hybridized carbons (Fsp3) is 0.368. The van der Waals surface area contributed by atoms with Gasteiger partial charge in [0, 0.05) is 17.7 Å². The van der Waals surface area contributed by atoms with Crippen LogP contribution in [0.25, 0.3) is 11.1 Å². The maximum absolute atomic E-state index is 12.7. The van der Waals surface area contributed by atoms with Gasteiger partial charge in [-0.25, -0.2) is 0 Å². The molecule has 0 fully saturated rings. The lowest BCUT2D eigenvalue weighted by atomic mass is 10.0. The van der Waals surface area contributed by atoms with Crippen molar-refractivity contribution in [1.29, 1.82) is 0 Å². The van der Waals surface area contributed by atoms with Crippen LogP contribution in [0.4, 0.5) is 18.9 Å². The number of alkyl halides is 3. The van der Waals surface area contributed by atoms with E-state index in [9.17, 15) is 31.7 Å². The van der Waals surface area contributed by atoms with E-state index in [0.717, 1.165) is 25.7 Å². The van der Waals surface area contributed by atoms with Crippen molar-refractivity contribution in [3.05, 3.63) is 40.4 Å². The van der Waals surface area contributed by atoms with Crippen LogP contribution in [0.3, 0.4) is 0 Å². The van der Waals surface area contributed by atoms with Crippen LogP contribution in [0, 0.1) is 10.1 Å². The van der Waals surface area contributed by atoms with Crippen LogP contribution < -0.4 is 18.4 Å². The standard InChI is InChI=1S/C19H20F3NO8S/c1-4-5-8-30-15-7-6-12(9-14(15)23(24)25)13-10-17(29-3)18(11-16(13)28-2)31-32(26,27)19(20,21)22/h6-7,9-11H,4-5,8H2,1-3H3. The number of methoxy groups -OCH3 is 2. The number of benzene rings is 2. The van der Waals surface area contributed by atoms with Gasteiger partial charge in [-0.1, -0.05) is 19.4 Å².